The molecule has 0 spiro atoms. The topological polar surface area (TPSA) is 21.3 Å². The number of benzene rings is 1. The van der Waals surface area contributed by atoms with E-state index in [1.165, 1.54) is 5.56 Å². The zero-order chi connectivity index (χ0) is 9.42. The molecule has 70 valence electrons. The monoisotopic (exact) mass is 197 g/mol. The van der Waals surface area contributed by atoms with Crippen LogP contribution >= 0.6 is 11.6 Å². The lowest BCUT2D eigenvalue weighted by atomic mass is 10.1. The predicted octanol–water partition coefficient (Wildman–Crippen LogP) is 2.71. The van der Waals surface area contributed by atoms with Crippen molar-refractivity contribution in [3.63, 3.8) is 0 Å². The minimum atomic E-state index is 0.448. The highest BCUT2D eigenvalue weighted by atomic mass is 35.5. The van der Waals surface area contributed by atoms with Gasteiger partial charge in [-0.15, -0.1) is 0 Å². The minimum absolute atomic E-state index is 0.448. The van der Waals surface area contributed by atoms with Crippen LogP contribution in [0.15, 0.2) is 12.1 Å². The maximum atomic E-state index is 6.07. The van der Waals surface area contributed by atoms with Gasteiger partial charge in [-0.25, -0.2) is 0 Å². The van der Waals surface area contributed by atoms with Crippen LogP contribution in [-0.2, 0) is 6.42 Å². The van der Waals surface area contributed by atoms with E-state index in [0.717, 1.165) is 22.9 Å². The molecule has 1 heterocycles. The number of fused-ring (bicyclic) bond motifs is 1. The van der Waals surface area contributed by atoms with E-state index in [0.29, 0.717) is 6.04 Å². The van der Waals surface area contributed by atoms with Crippen molar-refractivity contribution >= 4 is 17.3 Å². The third-order valence-electron chi connectivity index (χ3n) is 2.34. The molecule has 0 saturated carbocycles. The van der Waals surface area contributed by atoms with E-state index >= 15 is 0 Å². The second-order valence-electron chi connectivity index (χ2n) is 3.35. The van der Waals surface area contributed by atoms with E-state index in [4.69, 9.17) is 16.3 Å². The van der Waals surface area contributed by atoms with Gasteiger partial charge in [0.15, 0.2) is 0 Å². The number of anilines is 1. The number of hydrogen-bond acceptors (Lipinski definition) is 2. The largest absolute Gasteiger partial charge is 0.495 e. The summed E-state index contributed by atoms with van der Waals surface area (Å²) in [7, 11) is 1.67. The zero-order valence-electron chi connectivity index (χ0n) is 7.73. The molecule has 1 unspecified atom stereocenters. The summed E-state index contributed by atoms with van der Waals surface area (Å²) in [6, 6.07) is 4.23. The highest BCUT2D eigenvalue weighted by Gasteiger charge is 2.22. The van der Waals surface area contributed by atoms with Gasteiger partial charge < -0.3 is 10.1 Å². The molecule has 1 aromatic carbocycles. The third kappa shape index (κ3) is 1.35. The summed E-state index contributed by atoms with van der Waals surface area (Å²) in [5, 5.41) is 4.17. The van der Waals surface area contributed by atoms with Crippen LogP contribution in [-0.4, -0.2) is 13.2 Å². The number of rotatable bonds is 1. The molecule has 0 fully saturated rings. The summed E-state index contributed by atoms with van der Waals surface area (Å²) in [4.78, 5) is 0. The Morgan fingerprint density at radius 3 is 3.00 bits per heavy atom. The van der Waals surface area contributed by atoms with E-state index in [-0.39, 0.29) is 0 Å². The van der Waals surface area contributed by atoms with Gasteiger partial charge in [0.2, 0.25) is 0 Å². The fourth-order valence-corrected chi connectivity index (χ4v) is 1.97. The second-order valence-corrected chi connectivity index (χ2v) is 3.76. The van der Waals surface area contributed by atoms with Gasteiger partial charge in [0.1, 0.15) is 5.75 Å². The van der Waals surface area contributed by atoms with Crippen molar-refractivity contribution in [1.82, 2.24) is 0 Å². The minimum Gasteiger partial charge on any atom is -0.495 e. The van der Waals surface area contributed by atoms with Gasteiger partial charge in [0, 0.05) is 11.1 Å². The lowest BCUT2D eigenvalue weighted by Gasteiger charge is -2.08. The molecule has 0 aliphatic carbocycles. The quantitative estimate of drug-likeness (QED) is 0.748. The molecule has 13 heavy (non-hydrogen) atoms. The molecular weight excluding hydrogens is 186 g/mol. The van der Waals surface area contributed by atoms with E-state index in [1.807, 2.05) is 12.1 Å². The van der Waals surface area contributed by atoms with Crippen LogP contribution < -0.4 is 10.1 Å². The summed E-state index contributed by atoms with van der Waals surface area (Å²) in [5.74, 6) is 0.878. The van der Waals surface area contributed by atoms with Gasteiger partial charge in [-0.2, -0.15) is 0 Å². The van der Waals surface area contributed by atoms with E-state index in [2.05, 4.69) is 12.2 Å². The van der Waals surface area contributed by atoms with Crippen molar-refractivity contribution in [1.29, 1.82) is 0 Å². The maximum absolute atomic E-state index is 6.07. The van der Waals surface area contributed by atoms with Crippen molar-refractivity contribution in [3.8, 4) is 5.75 Å². The van der Waals surface area contributed by atoms with Crippen molar-refractivity contribution in [3.05, 3.63) is 22.7 Å². The number of hydrogen-bond donors (Lipinski definition) is 1. The lowest BCUT2D eigenvalue weighted by Crippen LogP contribution is -2.08. The van der Waals surface area contributed by atoms with E-state index in [1.54, 1.807) is 7.11 Å². The molecule has 0 saturated heterocycles. The molecule has 0 bridgehead atoms. The second kappa shape index (κ2) is 3.11. The van der Waals surface area contributed by atoms with Crippen LogP contribution in [0.4, 0.5) is 5.69 Å². The fourth-order valence-electron chi connectivity index (χ4n) is 1.73. The molecule has 2 rings (SSSR count). The first-order valence-electron chi connectivity index (χ1n) is 4.34. The third-order valence-corrected chi connectivity index (χ3v) is 2.69. The van der Waals surface area contributed by atoms with Crippen LogP contribution in [0.2, 0.25) is 5.02 Å². The zero-order valence-corrected chi connectivity index (χ0v) is 8.48. The Morgan fingerprint density at radius 2 is 2.31 bits per heavy atom. The normalized spacial score (nSPS) is 19.5. The summed E-state index contributed by atoms with van der Waals surface area (Å²) in [5.41, 5.74) is 2.23. The molecular formula is C10H12ClNO. The molecule has 1 atom stereocenters. The number of nitrogens with one attached hydrogen (secondary N) is 1. The molecule has 0 aromatic heterocycles. The first kappa shape index (κ1) is 8.70. The predicted molar refractivity (Wildman–Crippen MR) is 54.8 cm³/mol. The lowest BCUT2D eigenvalue weighted by molar-refractivity contribution is 0.416. The van der Waals surface area contributed by atoms with Gasteiger partial charge in [-0.05, 0) is 31.0 Å². The molecule has 1 aliphatic rings. The molecule has 1 N–H and O–H groups in total. The first-order valence-corrected chi connectivity index (χ1v) is 4.72. The Labute approximate surface area is 82.9 Å². The van der Waals surface area contributed by atoms with Crippen LogP contribution in [0.25, 0.3) is 0 Å². The molecule has 1 aliphatic heterocycles. The standard InChI is InChI=1S/C10H12ClNO/c1-6-5-7-8(11)3-4-9(13-2)10(7)12-6/h3-4,6,12H,5H2,1-2H3. The summed E-state index contributed by atoms with van der Waals surface area (Å²) in [6.45, 7) is 2.13. The van der Waals surface area contributed by atoms with Crippen LogP contribution in [0, 0.1) is 0 Å². The van der Waals surface area contributed by atoms with Gasteiger partial charge >= 0.3 is 0 Å². The summed E-state index contributed by atoms with van der Waals surface area (Å²) in [6.07, 6.45) is 0.978. The average Bonchev–Trinajstić information content (AvgIpc) is 2.48. The van der Waals surface area contributed by atoms with E-state index in [9.17, 15) is 0 Å². The van der Waals surface area contributed by atoms with Crippen LogP contribution in [0.5, 0.6) is 5.75 Å². The smallest absolute Gasteiger partial charge is 0.142 e. The van der Waals surface area contributed by atoms with Gasteiger partial charge in [-0.3, -0.25) is 0 Å². The average molecular weight is 198 g/mol. The van der Waals surface area contributed by atoms with Gasteiger partial charge in [0.05, 0.1) is 12.8 Å². The Morgan fingerprint density at radius 1 is 1.54 bits per heavy atom. The first-order chi connectivity index (χ1) is 6.22. The van der Waals surface area contributed by atoms with Crippen molar-refractivity contribution in [2.45, 2.75) is 19.4 Å². The van der Waals surface area contributed by atoms with E-state index < -0.39 is 0 Å². The summed E-state index contributed by atoms with van der Waals surface area (Å²) >= 11 is 6.07. The van der Waals surface area contributed by atoms with Crippen molar-refractivity contribution < 1.29 is 4.74 Å². The fraction of sp³-hybridized carbons (Fsp3) is 0.400. The molecule has 0 amide bonds. The number of halogens is 1. The SMILES string of the molecule is COc1ccc(Cl)c2c1NC(C)C2. The van der Waals surface area contributed by atoms with Crippen molar-refractivity contribution in [2.75, 3.05) is 12.4 Å². The maximum Gasteiger partial charge on any atom is 0.142 e. The van der Waals surface area contributed by atoms with Crippen LogP contribution in [0.1, 0.15) is 12.5 Å². The molecule has 2 nitrogen and oxygen atoms in total. The Hall–Kier alpha value is -0.890. The molecule has 1 aromatic rings. The Bertz CT molecular complexity index is 338. The molecule has 3 heteroatoms. The highest BCUT2D eigenvalue weighted by molar-refractivity contribution is 6.32. The van der Waals surface area contributed by atoms with Crippen LogP contribution in [0.3, 0.4) is 0 Å². The summed E-state index contributed by atoms with van der Waals surface area (Å²) < 4.78 is 5.24. The van der Waals surface area contributed by atoms with Crippen molar-refractivity contribution in [2.24, 2.45) is 0 Å². The molecule has 0 radical (unpaired) electrons. The Balaban J connectivity index is 2.52. The van der Waals surface area contributed by atoms with Gasteiger partial charge in [-0.1, -0.05) is 11.6 Å². The highest BCUT2D eigenvalue weighted by Crippen LogP contribution is 2.39. The number of methoxy groups -OCH3 is 1. The van der Waals surface area contributed by atoms with Gasteiger partial charge in [0.25, 0.3) is 0 Å². The Kier molecular flexibility index (Phi) is 2.08. The number of ether oxygens (including phenoxy) is 1.